The van der Waals surface area contributed by atoms with E-state index in [1.807, 2.05) is 0 Å². The van der Waals surface area contributed by atoms with E-state index in [-0.39, 0.29) is 12.2 Å². The van der Waals surface area contributed by atoms with Gasteiger partial charge >= 0.3 is 0 Å². The highest BCUT2D eigenvalue weighted by atomic mass is 35.5. The number of H-pyrrole nitrogens is 1. The van der Waals surface area contributed by atoms with E-state index in [9.17, 15) is 4.79 Å². The predicted molar refractivity (Wildman–Crippen MR) is 62.2 cm³/mol. The summed E-state index contributed by atoms with van der Waals surface area (Å²) in [6.45, 7) is -0.0460. The fourth-order valence-corrected chi connectivity index (χ4v) is 1.74. The van der Waals surface area contributed by atoms with Crippen molar-refractivity contribution in [1.82, 2.24) is 9.78 Å². The number of aromatic amines is 1. The van der Waals surface area contributed by atoms with Crippen molar-refractivity contribution in [3.63, 3.8) is 0 Å². The summed E-state index contributed by atoms with van der Waals surface area (Å²) in [5.41, 5.74) is 0.975. The van der Waals surface area contributed by atoms with Gasteiger partial charge in [0.15, 0.2) is 0 Å². The van der Waals surface area contributed by atoms with E-state index in [2.05, 4.69) is 5.10 Å². The van der Waals surface area contributed by atoms with Gasteiger partial charge in [-0.15, -0.1) is 0 Å². The highest BCUT2D eigenvalue weighted by molar-refractivity contribution is 6.32. The molecule has 0 bridgehead atoms. The summed E-state index contributed by atoms with van der Waals surface area (Å²) in [5, 5.41) is 12.1. The molecule has 84 valence electrons. The molecule has 1 heterocycles. The fourth-order valence-electron chi connectivity index (χ4n) is 1.52. The first-order valence-corrected chi connectivity index (χ1v) is 5.27. The van der Waals surface area contributed by atoms with Crippen LogP contribution >= 0.6 is 11.6 Å². The van der Waals surface area contributed by atoms with Crippen LogP contribution in [0.3, 0.4) is 0 Å². The van der Waals surface area contributed by atoms with Gasteiger partial charge in [-0.3, -0.25) is 9.89 Å². The summed E-state index contributed by atoms with van der Waals surface area (Å²) < 4.78 is 1.37. The molecule has 0 spiro atoms. The average molecular weight is 239 g/mol. The van der Waals surface area contributed by atoms with Crippen molar-refractivity contribution in [2.45, 2.75) is 6.42 Å². The maximum Gasteiger partial charge on any atom is 0.274 e. The molecule has 0 aliphatic heterocycles. The van der Waals surface area contributed by atoms with Crippen LogP contribution < -0.4 is 5.56 Å². The molecular formula is C11H11ClN2O2. The molecule has 1 aromatic carbocycles. The first kappa shape index (κ1) is 11.0. The molecule has 0 saturated carbocycles. The lowest BCUT2D eigenvalue weighted by molar-refractivity contribution is 0.299. The zero-order chi connectivity index (χ0) is 11.5. The number of para-hydroxylation sites is 1. The van der Waals surface area contributed by atoms with Crippen molar-refractivity contribution in [1.29, 1.82) is 0 Å². The fraction of sp³-hybridized carbons (Fsp3) is 0.182. The van der Waals surface area contributed by atoms with E-state index in [0.717, 1.165) is 0 Å². The molecule has 0 atom stereocenters. The Balaban J connectivity index is 2.50. The highest BCUT2D eigenvalue weighted by Crippen LogP contribution is 2.17. The molecule has 0 fully saturated rings. The molecule has 2 N–H and O–H groups in total. The zero-order valence-electron chi connectivity index (χ0n) is 8.48. The minimum absolute atomic E-state index is 0.0460. The molecule has 2 rings (SSSR count). The number of aliphatic hydroxyl groups excluding tert-OH is 1. The topological polar surface area (TPSA) is 58.0 Å². The first-order valence-electron chi connectivity index (χ1n) is 4.89. The Kier molecular flexibility index (Phi) is 3.12. The standard InChI is InChI=1S/C11H11ClN2O2/c12-9-3-1-2-4-10(9)14-11(16)8(5-6-15)7-13-14/h1-4,7,13,15H,5-6H2. The van der Waals surface area contributed by atoms with Crippen molar-refractivity contribution in [2.75, 3.05) is 6.61 Å². The van der Waals surface area contributed by atoms with Gasteiger partial charge in [-0.2, -0.15) is 0 Å². The van der Waals surface area contributed by atoms with Gasteiger partial charge in [0.25, 0.3) is 5.56 Å². The van der Waals surface area contributed by atoms with Gasteiger partial charge < -0.3 is 5.11 Å². The molecule has 0 aliphatic rings. The normalized spacial score (nSPS) is 10.6. The summed E-state index contributed by atoms with van der Waals surface area (Å²) in [6, 6.07) is 7.08. The number of aromatic nitrogens is 2. The van der Waals surface area contributed by atoms with Crippen LogP contribution in [0.1, 0.15) is 5.56 Å². The number of nitrogens with one attached hydrogen (secondary N) is 1. The lowest BCUT2D eigenvalue weighted by Crippen LogP contribution is -2.18. The van der Waals surface area contributed by atoms with Crippen molar-refractivity contribution >= 4 is 11.6 Å². The molecule has 2 aromatic rings. The second-order valence-electron chi connectivity index (χ2n) is 3.36. The molecule has 1 aromatic heterocycles. The lowest BCUT2D eigenvalue weighted by Gasteiger charge is -2.02. The van der Waals surface area contributed by atoms with Crippen LogP contribution in [0.4, 0.5) is 0 Å². The third kappa shape index (κ3) is 1.89. The van der Waals surface area contributed by atoms with Crippen molar-refractivity contribution < 1.29 is 5.11 Å². The third-order valence-electron chi connectivity index (χ3n) is 2.32. The van der Waals surface area contributed by atoms with E-state index in [0.29, 0.717) is 22.7 Å². The Bertz CT molecular complexity index is 545. The van der Waals surface area contributed by atoms with Gasteiger partial charge in [0, 0.05) is 24.8 Å². The molecule has 16 heavy (non-hydrogen) atoms. The van der Waals surface area contributed by atoms with E-state index in [1.54, 1.807) is 30.5 Å². The van der Waals surface area contributed by atoms with E-state index in [1.165, 1.54) is 4.68 Å². The molecule has 4 nitrogen and oxygen atoms in total. The number of aliphatic hydroxyl groups is 1. The second kappa shape index (κ2) is 4.55. The van der Waals surface area contributed by atoms with Crippen LogP contribution in [-0.4, -0.2) is 21.5 Å². The monoisotopic (exact) mass is 238 g/mol. The molecule has 0 unspecified atom stereocenters. The molecule has 0 saturated heterocycles. The molecule has 0 amide bonds. The number of benzene rings is 1. The summed E-state index contributed by atoms with van der Waals surface area (Å²) in [6.07, 6.45) is 1.93. The van der Waals surface area contributed by atoms with Gasteiger partial charge in [0.05, 0.1) is 10.7 Å². The van der Waals surface area contributed by atoms with Gasteiger partial charge in [0.2, 0.25) is 0 Å². The molecule has 0 radical (unpaired) electrons. The van der Waals surface area contributed by atoms with Gasteiger partial charge in [-0.05, 0) is 12.1 Å². The Morgan fingerprint density at radius 2 is 2.12 bits per heavy atom. The zero-order valence-corrected chi connectivity index (χ0v) is 9.24. The van der Waals surface area contributed by atoms with Crippen LogP contribution in [0.2, 0.25) is 5.02 Å². The number of rotatable bonds is 3. The van der Waals surface area contributed by atoms with E-state index >= 15 is 0 Å². The largest absolute Gasteiger partial charge is 0.396 e. The van der Waals surface area contributed by atoms with Crippen LogP contribution in [0.15, 0.2) is 35.3 Å². The highest BCUT2D eigenvalue weighted by Gasteiger charge is 2.09. The Labute approximate surface area is 97.1 Å². The van der Waals surface area contributed by atoms with Crippen LogP contribution in [-0.2, 0) is 6.42 Å². The molecule has 5 heteroatoms. The van der Waals surface area contributed by atoms with E-state index < -0.39 is 0 Å². The Hall–Kier alpha value is -1.52. The Morgan fingerprint density at radius 1 is 1.38 bits per heavy atom. The minimum Gasteiger partial charge on any atom is -0.396 e. The average Bonchev–Trinajstić information content (AvgIpc) is 2.62. The summed E-state index contributed by atoms with van der Waals surface area (Å²) in [4.78, 5) is 11.9. The maximum atomic E-state index is 11.9. The maximum absolute atomic E-state index is 11.9. The Morgan fingerprint density at radius 3 is 2.81 bits per heavy atom. The minimum atomic E-state index is -0.179. The van der Waals surface area contributed by atoms with Gasteiger partial charge in [0.1, 0.15) is 0 Å². The third-order valence-corrected chi connectivity index (χ3v) is 2.64. The summed E-state index contributed by atoms with van der Waals surface area (Å²) in [5.74, 6) is 0. The number of hydrogen-bond donors (Lipinski definition) is 2. The molecular weight excluding hydrogens is 228 g/mol. The second-order valence-corrected chi connectivity index (χ2v) is 3.77. The SMILES string of the molecule is O=c1c(CCO)c[nH]n1-c1ccccc1Cl. The van der Waals surface area contributed by atoms with Crippen LogP contribution in [0.25, 0.3) is 5.69 Å². The molecule has 0 aliphatic carbocycles. The number of halogens is 1. The van der Waals surface area contributed by atoms with Crippen LogP contribution in [0, 0.1) is 0 Å². The lowest BCUT2D eigenvalue weighted by atomic mass is 10.2. The summed E-state index contributed by atoms with van der Waals surface area (Å²) in [7, 11) is 0. The van der Waals surface area contributed by atoms with Crippen LogP contribution in [0.5, 0.6) is 0 Å². The quantitative estimate of drug-likeness (QED) is 0.848. The smallest absolute Gasteiger partial charge is 0.274 e. The van der Waals surface area contributed by atoms with Crippen molar-refractivity contribution in [2.24, 2.45) is 0 Å². The summed E-state index contributed by atoms with van der Waals surface area (Å²) >= 11 is 5.99. The number of nitrogens with zero attached hydrogens (tertiary/aromatic N) is 1. The van der Waals surface area contributed by atoms with Crippen molar-refractivity contribution in [3.8, 4) is 5.69 Å². The van der Waals surface area contributed by atoms with Gasteiger partial charge in [-0.25, -0.2) is 4.68 Å². The van der Waals surface area contributed by atoms with Gasteiger partial charge in [-0.1, -0.05) is 23.7 Å². The first-order chi connectivity index (χ1) is 7.74. The van der Waals surface area contributed by atoms with E-state index in [4.69, 9.17) is 16.7 Å². The number of hydrogen-bond acceptors (Lipinski definition) is 2. The predicted octanol–water partition coefficient (Wildman–Crippen LogP) is 1.35. The van der Waals surface area contributed by atoms with Crippen molar-refractivity contribution in [3.05, 3.63) is 51.4 Å².